The van der Waals surface area contributed by atoms with Gasteiger partial charge in [0.25, 0.3) is 5.91 Å². The molecule has 6 nitrogen and oxygen atoms in total. The van der Waals surface area contributed by atoms with Crippen molar-refractivity contribution in [3.8, 4) is 11.3 Å². The number of nitrogens with zero attached hydrogens (tertiary/aromatic N) is 1. The molecule has 1 heterocycles. The van der Waals surface area contributed by atoms with Gasteiger partial charge < -0.3 is 9.73 Å². The van der Waals surface area contributed by atoms with Gasteiger partial charge in [-0.25, -0.2) is 13.4 Å². The SMILES string of the molecule is Cc1nc(-c2ccc(NC(=O)c3cc(S(C)(=O)=O)ccc3C)cc2)co1. The van der Waals surface area contributed by atoms with Gasteiger partial charge in [0.05, 0.1) is 4.90 Å². The molecule has 0 aliphatic heterocycles. The van der Waals surface area contributed by atoms with Gasteiger partial charge in [0.1, 0.15) is 12.0 Å². The number of aromatic nitrogens is 1. The zero-order valence-corrected chi connectivity index (χ0v) is 15.4. The molecule has 1 aromatic heterocycles. The van der Waals surface area contributed by atoms with Crippen molar-refractivity contribution in [1.29, 1.82) is 0 Å². The molecule has 3 rings (SSSR count). The number of rotatable bonds is 4. The Hall–Kier alpha value is -2.93. The minimum absolute atomic E-state index is 0.116. The lowest BCUT2D eigenvalue weighted by molar-refractivity contribution is 0.102. The highest BCUT2D eigenvalue weighted by Gasteiger charge is 2.15. The zero-order chi connectivity index (χ0) is 18.9. The van der Waals surface area contributed by atoms with E-state index in [1.807, 2.05) is 12.1 Å². The van der Waals surface area contributed by atoms with E-state index in [-0.39, 0.29) is 10.8 Å². The van der Waals surface area contributed by atoms with Gasteiger partial charge in [0, 0.05) is 30.0 Å². The molecule has 7 heteroatoms. The number of nitrogens with one attached hydrogen (secondary N) is 1. The summed E-state index contributed by atoms with van der Waals surface area (Å²) in [5.41, 5.74) is 3.21. The van der Waals surface area contributed by atoms with Crippen LogP contribution < -0.4 is 5.32 Å². The lowest BCUT2D eigenvalue weighted by Gasteiger charge is -2.10. The normalized spacial score (nSPS) is 11.3. The molecule has 0 aliphatic carbocycles. The van der Waals surface area contributed by atoms with Crippen LogP contribution in [0.25, 0.3) is 11.3 Å². The van der Waals surface area contributed by atoms with Crippen molar-refractivity contribution in [1.82, 2.24) is 4.98 Å². The largest absolute Gasteiger partial charge is 0.449 e. The first-order valence-electron chi connectivity index (χ1n) is 7.88. The van der Waals surface area contributed by atoms with E-state index in [1.54, 1.807) is 38.3 Å². The number of carbonyl (C=O) groups excluding carboxylic acids is 1. The van der Waals surface area contributed by atoms with E-state index in [0.29, 0.717) is 22.7 Å². The van der Waals surface area contributed by atoms with Gasteiger partial charge in [-0.05, 0) is 36.8 Å². The quantitative estimate of drug-likeness (QED) is 0.758. The molecule has 0 saturated carbocycles. The Morgan fingerprint density at radius 3 is 2.35 bits per heavy atom. The molecular weight excluding hydrogens is 352 g/mol. The molecule has 0 spiro atoms. The maximum absolute atomic E-state index is 12.5. The van der Waals surface area contributed by atoms with Crippen LogP contribution in [-0.2, 0) is 9.84 Å². The molecule has 0 unspecified atom stereocenters. The molecule has 134 valence electrons. The van der Waals surface area contributed by atoms with Crippen molar-refractivity contribution in [2.24, 2.45) is 0 Å². The van der Waals surface area contributed by atoms with Crippen molar-refractivity contribution in [2.75, 3.05) is 11.6 Å². The number of hydrogen-bond donors (Lipinski definition) is 1. The van der Waals surface area contributed by atoms with Crippen LogP contribution in [0.2, 0.25) is 0 Å². The number of oxazole rings is 1. The first kappa shape index (κ1) is 17.9. The average molecular weight is 370 g/mol. The molecule has 0 bridgehead atoms. The van der Waals surface area contributed by atoms with Crippen LogP contribution in [0.15, 0.2) is 58.0 Å². The van der Waals surface area contributed by atoms with Gasteiger partial charge in [-0.3, -0.25) is 4.79 Å². The summed E-state index contributed by atoms with van der Waals surface area (Å²) in [5, 5.41) is 2.78. The highest BCUT2D eigenvalue weighted by Crippen LogP contribution is 2.22. The van der Waals surface area contributed by atoms with Crippen molar-refractivity contribution in [3.63, 3.8) is 0 Å². The third-order valence-corrected chi connectivity index (χ3v) is 5.05. The number of amides is 1. The maximum Gasteiger partial charge on any atom is 0.255 e. The van der Waals surface area contributed by atoms with Crippen molar-refractivity contribution < 1.29 is 17.6 Å². The molecule has 0 atom stereocenters. The van der Waals surface area contributed by atoms with E-state index in [4.69, 9.17) is 4.42 Å². The van der Waals surface area contributed by atoms with E-state index in [2.05, 4.69) is 10.3 Å². The van der Waals surface area contributed by atoms with Crippen LogP contribution in [0.5, 0.6) is 0 Å². The topological polar surface area (TPSA) is 89.3 Å². The molecule has 0 fully saturated rings. The van der Waals surface area contributed by atoms with Crippen LogP contribution in [-0.4, -0.2) is 25.6 Å². The van der Waals surface area contributed by atoms with E-state index >= 15 is 0 Å². The van der Waals surface area contributed by atoms with Gasteiger partial charge in [-0.2, -0.15) is 0 Å². The van der Waals surface area contributed by atoms with Gasteiger partial charge in [0.15, 0.2) is 15.7 Å². The summed E-state index contributed by atoms with van der Waals surface area (Å²) in [5.74, 6) is 0.219. The first-order chi connectivity index (χ1) is 12.2. The number of aryl methyl sites for hydroxylation is 2. The molecule has 0 saturated heterocycles. The number of carbonyl (C=O) groups is 1. The summed E-state index contributed by atoms with van der Waals surface area (Å²) in [4.78, 5) is 16.9. The summed E-state index contributed by atoms with van der Waals surface area (Å²) in [6.07, 6.45) is 2.69. The van der Waals surface area contributed by atoms with E-state index < -0.39 is 9.84 Å². The van der Waals surface area contributed by atoms with Crippen LogP contribution in [0, 0.1) is 13.8 Å². The predicted molar refractivity (Wildman–Crippen MR) is 98.9 cm³/mol. The molecule has 26 heavy (non-hydrogen) atoms. The van der Waals surface area contributed by atoms with E-state index in [0.717, 1.165) is 17.5 Å². The highest BCUT2D eigenvalue weighted by atomic mass is 32.2. The molecular formula is C19H18N2O4S. The Balaban J connectivity index is 1.82. The highest BCUT2D eigenvalue weighted by molar-refractivity contribution is 7.90. The molecule has 1 amide bonds. The second kappa shape index (κ2) is 6.76. The summed E-state index contributed by atoms with van der Waals surface area (Å²) in [6.45, 7) is 3.53. The Labute approximate surface area is 151 Å². The Kier molecular flexibility index (Phi) is 4.65. The van der Waals surface area contributed by atoms with E-state index in [9.17, 15) is 13.2 Å². The summed E-state index contributed by atoms with van der Waals surface area (Å²) in [6, 6.07) is 11.7. The van der Waals surface area contributed by atoms with Gasteiger partial charge in [-0.1, -0.05) is 18.2 Å². The number of hydrogen-bond acceptors (Lipinski definition) is 5. The Bertz CT molecular complexity index is 1070. The molecule has 0 aliphatic rings. The Morgan fingerprint density at radius 2 is 1.77 bits per heavy atom. The maximum atomic E-state index is 12.5. The molecule has 1 N–H and O–H groups in total. The van der Waals surface area contributed by atoms with Crippen molar-refractivity contribution in [3.05, 3.63) is 65.7 Å². The summed E-state index contributed by atoms with van der Waals surface area (Å²) < 4.78 is 28.6. The van der Waals surface area contributed by atoms with Crippen LogP contribution in [0.1, 0.15) is 21.8 Å². The van der Waals surface area contributed by atoms with Crippen molar-refractivity contribution >= 4 is 21.4 Å². The smallest absolute Gasteiger partial charge is 0.255 e. The summed E-state index contributed by atoms with van der Waals surface area (Å²) >= 11 is 0. The number of benzene rings is 2. The van der Waals surface area contributed by atoms with E-state index in [1.165, 1.54) is 12.1 Å². The van der Waals surface area contributed by atoms with Crippen molar-refractivity contribution in [2.45, 2.75) is 18.7 Å². The fraction of sp³-hybridized carbons (Fsp3) is 0.158. The van der Waals surface area contributed by atoms with Gasteiger partial charge >= 0.3 is 0 Å². The van der Waals surface area contributed by atoms with Crippen LogP contribution in [0.4, 0.5) is 5.69 Å². The summed E-state index contributed by atoms with van der Waals surface area (Å²) in [7, 11) is -3.38. The fourth-order valence-corrected chi connectivity index (χ4v) is 3.14. The third-order valence-electron chi connectivity index (χ3n) is 3.94. The lowest BCUT2D eigenvalue weighted by Crippen LogP contribution is -2.14. The standard InChI is InChI=1S/C19H18N2O4S/c1-12-4-9-16(26(3,23)24)10-17(12)19(22)21-15-7-5-14(6-8-15)18-11-25-13(2)20-18/h4-11H,1-3H3,(H,21,22). The second-order valence-electron chi connectivity index (χ2n) is 6.03. The number of sulfone groups is 1. The van der Waals surface area contributed by atoms with Gasteiger partial charge in [0.2, 0.25) is 0 Å². The molecule has 0 radical (unpaired) electrons. The first-order valence-corrected chi connectivity index (χ1v) is 9.78. The monoisotopic (exact) mass is 370 g/mol. The second-order valence-corrected chi connectivity index (χ2v) is 8.05. The van der Waals surface area contributed by atoms with Gasteiger partial charge in [-0.15, -0.1) is 0 Å². The lowest BCUT2D eigenvalue weighted by atomic mass is 10.1. The Morgan fingerprint density at radius 1 is 1.08 bits per heavy atom. The molecule has 3 aromatic rings. The van der Waals surface area contributed by atoms with Crippen LogP contribution >= 0.6 is 0 Å². The zero-order valence-electron chi connectivity index (χ0n) is 14.6. The predicted octanol–water partition coefficient (Wildman–Crippen LogP) is 3.61. The molecule has 2 aromatic carbocycles. The minimum atomic E-state index is -3.38. The van der Waals surface area contributed by atoms with Crippen LogP contribution in [0.3, 0.4) is 0 Å². The number of anilines is 1. The average Bonchev–Trinajstić information content (AvgIpc) is 3.01. The fourth-order valence-electron chi connectivity index (χ4n) is 2.50. The minimum Gasteiger partial charge on any atom is -0.449 e. The third kappa shape index (κ3) is 3.83.